The molecule has 4 amide bonds. The predicted molar refractivity (Wildman–Crippen MR) is 184 cm³/mol. The molecule has 13 heteroatoms. The van der Waals surface area contributed by atoms with Crippen LogP contribution in [0.5, 0.6) is 0 Å². The van der Waals surface area contributed by atoms with Gasteiger partial charge in [0.05, 0.1) is 12.0 Å². The molecule has 0 bridgehead atoms. The minimum atomic E-state index is -0.746. The van der Waals surface area contributed by atoms with E-state index in [1.807, 2.05) is 20.3 Å². The van der Waals surface area contributed by atoms with Gasteiger partial charge in [-0.15, -0.1) is 5.92 Å². The van der Waals surface area contributed by atoms with Gasteiger partial charge in [-0.2, -0.15) is 41.0 Å². The smallest absolute Gasteiger partial charge is 0.312 e. The van der Waals surface area contributed by atoms with Crippen molar-refractivity contribution in [1.82, 2.24) is 10.6 Å². The molecule has 5 N–H and O–H groups in total. The average molecular weight is 825 g/mol. The van der Waals surface area contributed by atoms with Gasteiger partial charge in [0, 0.05) is 90.0 Å². The molecule has 0 aliphatic heterocycles. The Labute approximate surface area is 340 Å². The van der Waals surface area contributed by atoms with Crippen LogP contribution in [0.4, 0.5) is 10.5 Å². The fraction of sp³-hybridized carbons (Fsp3) is 0.600. The molecule has 2 radical (unpaired) electrons. The van der Waals surface area contributed by atoms with Crippen LogP contribution in [0.3, 0.4) is 0 Å². The largest absolute Gasteiger partial charge is 0.542 e. The molecule has 2 atom stereocenters. The number of hydrogen-bond acceptors (Lipinski definition) is 7. The second-order valence-electron chi connectivity index (χ2n) is 12.1. The maximum atomic E-state index is 13.0. The van der Waals surface area contributed by atoms with Gasteiger partial charge in [-0.1, -0.05) is 53.7 Å². The standard InChI is InChI=1S/C24H35N4O6.C4H7O.C4H9.C3H7.2Y/c1-15(2)21(27-14-29)20(30)12-18(6-5-11-26-24(25)33)22(31)28-19-9-7-17(8-10-19)13-34-23(32)16(3)4;1-4(2)3-5;1-4(2)3;1-3-2;;/h7-10,15-16,18,21H,5-6,11-13H2,1-4H3,(H,27,29)(H,28,31)(H3,25,26,33);4H,1-2H3;1-3H3;3H,1-2H3;;/q4*-1;;/t18-,21+;;;;;/m1...../s1. The van der Waals surface area contributed by atoms with Crippen molar-refractivity contribution in [1.29, 1.82) is 0 Å². The third-order valence-electron chi connectivity index (χ3n) is 5.38. The molecule has 11 nitrogen and oxygen atoms in total. The predicted octanol–water partition coefficient (Wildman–Crippen LogP) is 5.63. The summed E-state index contributed by atoms with van der Waals surface area (Å²) in [5, 5.41) is 7.65. The number of carbonyl (C=O) groups is 4. The second kappa shape index (κ2) is 35.3. The first kappa shape index (κ1) is 55.8. The number of nitrogens with one attached hydrogen (secondary N) is 3. The van der Waals surface area contributed by atoms with E-state index < -0.39 is 18.0 Å². The molecule has 0 aliphatic rings. The third kappa shape index (κ3) is 34.3. The number of hydrogen-bond donors (Lipinski definition) is 4. The van der Waals surface area contributed by atoms with Gasteiger partial charge in [-0.3, -0.25) is 20.7 Å². The molecule has 0 spiro atoms. The van der Waals surface area contributed by atoms with E-state index in [1.165, 1.54) is 5.92 Å². The molecule has 0 aromatic heterocycles. The van der Waals surface area contributed by atoms with Gasteiger partial charge in [0.1, 0.15) is 6.61 Å². The molecule has 0 unspecified atom stereocenters. The number of urea groups is 1. The fourth-order valence-corrected chi connectivity index (χ4v) is 3.19. The number of nitrogens with two attached hydrogens (primary N) is 1. The number of Topliss-reactive ketones (excluding diaryl/α,β-unsaturated/α-hetero) is 1. The number of amides is 4. The summed E-state index contributed by atoms with van der Waals surface area (Å²) in [7, 11) is 0. The zero-order chi connectivity index (χ0) is 36.2. The van der Waals surface area contributed by atoms with Crippen molar-refractivity contribution in [2.45, 2.75) is 108 Å². The van der Waals surface area contributed by atoms with Gasteiger partial charge >= 0.3 is 12.0 Å². The minimum absolute atomic E-state index is 0. The summed E-state index contributed by atoms with van der Waals surface area (Å²) < 4.78 is 5.19. The van der Waals surface area contributed by atoms with E-state index >= 15 is 0 Å². The maximum absolute atomic E-state index is 13.0. The Morgan fingerprint density at radius 1 is 0.938 bits per heavy atom. The van der Waals surface area contributed by atoms with Crippen molar-refractivity contribution in [2.24, 2.45) is 29.4 Å². The van der Waals surface area contributed by atoms with Crippen LogP contribution >= 0.6 is 0 Å². The Kier molecular flexibility index (Phi) is 41.0. The first-order chi connectivity index (χ1) is 21.5. The molecule has 0 aliphatic carbocycles. The summed E-state index contributed by atoms with van der Waals surface area (Å²) in [6.45, 7) is 21.3. The second-order valence-corrected chi connectivity index (χ2v) is 12.1. The van der Waals surface area contributed by atoms with Crippen LogP contribution < -0.4 is 21.7 Å². The van der Waals surface area contributed by atoms with E-state index in [0.29, 0.717) is 18.5 Å². The maximum Gasteiger partial charge on any atom is 0.312 e. The fourth-order valence-electron chi connectivity index (χ4n) is 3.19. The first-order valence-corrected chi connectivity index (χ1v) is 15.6. The average Bonchev–Trinajstić information content (AvgIpc) is 2.96. The molecule has 270 valence electrons. The zero-order valence-corrected chi connectivity index (χ0v) is 36.6. The number of primary amides is 1. The number of ether oxygens (including phenoxy) is 1. The van der Waals surface area contributed by atoms with Crippen molar-refractivity contribution in [2.75, 3.05) is 11.9 Å². The molecule has 48 heavy (non-hydrogen) atoms. The number of ketones is 1. The van der Waals surface area contributed by atoms with E-state index in [-0.39, 0.29) is 120 Å². The topological polar surface area (TPSA) is 174 Å². The number of carbonyl (C=O) groups excluding carboxylic acids is 6. The van der Waals surface area contributed by atoms with Gasteiger partial charge in [-0.05, 0) is 36.5 Å². The molecule has 0 saturated heterocycles. The van der Waals surface area contributed by atoms with E-state index in [2.05, 4.69) is 36.7 Å². The molecule has 1 aromatic carbocycles. The van der Waals surface area contributed by atoms with Crippen molar-refractivity contribution in [3.8, 4) is 0 Å². The van der Waals surface area contributed by atoms with E-state index in [4.69, 9.17) is 10.5 Å². The summed E-state index contributed by atoms with van der Waals surface area (Å²) in [6.07, 6.45) is 6.02. The Morgan fingerprint density at radius 3 is 1.79 bits per heavy atom. The van der Waals surface area contributed by atoms with Crippen molar-refractivity contribution in [3.63, 3.8) is 0 Å². The molecule has 0 heterocycles. The minimum Gasteiger partial charge on any atom is -0.542 e. The third-order valence-corrected chi connectivity index (χ3v) is 5.38. The molecule has 0 fully saturated rings. The molecule has 1 rings (SSSR count). The number of anilines is 1. The summed E-state index contributed by atoms with van der Waals surface area (Å²) in [6, 6.07) is 5.43. The Balaban J connectivity index is -0.000000378. The molecular formula is C35H58N4O7Y2-4. The normalized spacial score (nSPS) is 10.9. The first-order valence-electron chi connectivity index (χ1n) is 15.6. The van der Waals surface area contributed by atoms with Crippen LogP contribution in [0.25, 0.3) is 0 Å². The zero-order valence-electron chi connectivity index (χ0n) is 30.9. The van der Waals surface area contributed by atoms with Crippen LogP contribution in [-0.4, -0.2) is 49.0 Å². The number of benzene rings is 1. The van der Waals surface area contributed by atoms with Gasteiger partial charge in [0.15, 0.2) is 5.78 Å². The Bertz CT molecular complexity index is 1000. The van der Waals surface area contributed by atoms with Crippen molar-refractivity contribution in [3.05, 3.63) is 42.2 Å². The van der Waals surface area contributed by atoms with Crippen LogP contribution in [0, 0.1) is 36.0 Å². The van der Waals surface area contributed by atoms with Gasteiger partial charge in [0.2, 0.25) is 5.91 Å². The van der Waals surface area contributed by atoms with E-state index in [9.17, 15) is 28.8 Å². The van der Waals surface area contributed by atoms with Crippen LogP contribution in [-0.2, 0) is 101 Å². The molecular weight excluding hydrogens is 766 g/mol. The monoisotopic (exact) mass is 824 g/mol. The Morgan fingerprint density at radius 2 is 1.42 bits per heavy atom. The van der Waals surface area contributed by atoms with Crippen LogP contribution in [0.1, 0.15) is 101 Å². The molecule has 0 saturated carbocycles. The van der Waals surface area contributed by atoms with Crippen LogP contribution in [0.15, 0.2) is 24.3 Å². The van der Waals surface area contributed by atoms with Crippen molar-refractivity contribution >= 4 is 42.1 Å². The Hall–Kier alpha value is -1.55. The quantitative estimate of drug-likeness (QED) is 0.0724. The van der Waals surface area contributed by atoms with E-state index in [0.717, 1.165) is 5.56 Å². The number of esters is 1. The molecule has 1 aromatic rings. The van der Waals surface area contributed by atoms with Gasteiger partial charge in [0.25, 0.3) is 0 Å². The van der Waals surface area contributed by atoms with E-state index in [1.54, 1.807) is 78.5 Å². The summed E-state index contributed by atoms with van der Waals surface area (Å²) in [4.78, 5) is 68.3. The van der Waals surface area contributed by atoms with Gasteiger partial charge in [-0.25, -0.2) is 4.79 Å². The van der Waals surface area contributed by atoms with Crippen molar-refractivity contribution < 1.29 is 98.9 Å². The summed E-state index contributed by atoms with van der Waals surface area (Å²) in [5.74, 6) is -0.485. The number of rotatable bonds is 16. The van der Waals surface area contributed by atoms with Crippen LogP contribution in [0.2, 0.25) is 0 Å². The van der Waals surface area contributed by atoms with Gasteiger partial charge < -0.3 is 48.3 Å². The summed E-state index contributed by atoms with van der Waals surface area (Å²) in [5.41, 5.74) is 6.36. The SMILES string of the molecule is CC(C)C(=O)OCc1ccc(NC(=O)[C@H](CCCNC(N)=O)CC(=O)[C@@H](N[C-]=O)C(C)C)cc1.CC(C)[C-]=O.C[C-](C)C.C[CH-]C.[Y].[Y]. The summed E-state index contributed by atoms with van der Waals surface area (Å²) >= 11 is 0.